The van der Waals surface area contributed by atoms with Crippen LogP contribution in [0.1, 0.15) is 12.6 Å². The van der Waals surface area contributed by atoms with E-state index in [9.17, 15) is 4.79 Å². The van der Waals surface area contributed by atoms with E-state index in [0.29, 0.717) is 13.0 Å². The van der Waals surface area contributed by atoms with E-state index in [1.807, 2.05) is 52.1 Å². The third kappa shape index (κ3) is 3.84. The van der Waals surface area contributed by atoms with Gasteiger partial charge in [-0.15, -0.1) is 11.3 Å². The van der Waals surface area contributed by atoms with Gasteiger partial charge >= 0.3 is 0 Å². The molecule has 1 aliphatic rings. The van der Waals surface area contributed by atoms with Gasteiger partial charge in [0.1, 0.15) is 5.75 Å². The van der Waals surface area contributed by atoms with E-state index < -0.39 is 0 Å². The zero-order valence-electron chi connectivity index (χ0n) is 15.7. The molecule has 1 saturated heterocycles. The van der Waals surface area contributed by atoms with Crippen molar-refractivity contribution in [1.29, 1.82) is 0 Å². The molecule has 6 nitrogen and oxygen atoms in total. The van der Waals surface area contributed by atoms with Crippen molar-refractivity contribution in [3.63, 3.8) is 0 Å². The molecule has 1 fully saturated rings. The molecule has 0 unspecified atom stereocenters. The Hall–Kier alpha value is -2.38. The van der Waals surface area contributed by atoms with Crippen LogP contribution in [-0.4, -0.2) is 64.9 Å². The Morgan fingerprint density at radius 3 is 2.63 bits per heavy atom. The molecule has 1 aromatic carbocycles. The number of imidazole rings is 1. The van der Waals surface area contributed by atoms with Crippen LogP contribution in [0.4, 0.5) is 0 Å². The van der Waals surface area contributed by atoms with Crippen molar-refractivity contribution in [2.24, 2.45) is 0 Å². The first-order valence-corrected chi connectivity index (χ1v) is 10.2. The highest BCUT2D eigenvalue weighted by Gasteiger charge is 2.21. The number of hydrogen-bond donors (Lipinski definition) is 0. The molecule has 0 aliphatic carbocycles. The highest BCUT2D eigenvalue weighted by molar-refractivity contribution is 7.15. The van der Waals surface area contributed by atoms with Crippen molar-refractivity contribution < 1.29 is 9.53 Å². The van der Waals surface area contributed by atoms with Crippen LogP contribution in [0.25, 0.3) is 16.2 Å². The second-order valence-electron chi connectivity index (χ2n) is 6.82. The number of piperazine rings is 1. The summed E-state index contributed by atoms with van der Waals surface area (Å²) in [6.45, 7) is 6.13. The normalized spacial score (nSPS) is 15.4. The first-order chi connectivity index (χ1) is 13.1. The largest absolute Gasteiger partial charge is 0.494 e. The molecule has 0 N–H and O–H groups in total. The minimum atomic E-state index is 0.194. The Bertz CT molecular complexity index is 923. The van der Waals surface area contributed by atoms with Crippen LogP contribution < -0.4 is 4.74 Å². The van der Waals surface area contributed by atoms with Crippen molar-refractivity contribution in [2.75, 3.05) is 39.8 Å². The van der Waals surface area contributed by atoms with E-state index in [1.54, 1.807) is 11.3 Å². The average Bonchev–Trinajstić information content (AvgIpc) is 3.25. The number of fused-ring (bicyclic) bond motifs is 1. The quantitative estimate of drug-likeness (QED) is 0.679. The lowest BCUT2D eigenvalue weighted by molar-refractivity contribution is -0.132. The van der Waals surface area contributed by atoms with Crippen LogP contribution in [0.2, 0.25) is 0 Å². The van der Waals surface area contributed by atoms with Gasteiger partial charge in [-0.05, 0) is 38.2 Å². The molecule has 1 amide bonds. The summed E-state index contributed by atoms with van der Waals surface area (Å²) >= 11 is 1.58. The minimum Gasteiger partial charge on any atom is -0.494 e. The van der Waals surface area contributed by atoms with Gasteiger partial charge in [-0.3, -0.25) is 9.20 Å². The van der Waals surface area contributed by atoms with Crippen molar-refractivity contribution >= 4 is 22.2 Å². The highest BCUT2D eigenvalue weighted by Crippen LogP contribution is 2.26. The first kappa shape index (κ1) is 18.0. The van der Waals surface area contributed by atoms with Gasteiger partial charge in [-0.2, -0.15) is 0 Å². The predicted molar refractivity (Wildman–Crippen MR) is 107 cm³/mol. The van der Waals surface area contributed by atoms with Gasteiger partial charge in [0.05, 0.1) is 18.7 Å². The average molecular weight is 385 g/mol. The number of hydrogen-bond acceptors (Lipinski definition) is 5. The zero-order valence-corrected chi connectivity index (χ0v) is 16.5. The Labute approximate surface area is 163 Å². The molecular formula is C20H24N4O2S. The molecule has 0 spiro atoms. The predicted octanol–water partition coefficient (Wildman–Crippen LogP) is 2.78. The monoisotopic (exact) mass is 384 g/mol. The summed E-state index contributed by atoms with van der Waals surface area (Å²) in [7, 11) is 2.10. The fourth-order valence-corrected chi connectivity index (χ4v) is 4.18. The summed E-state index contributed by atoms with van der Waals surface area (Å²) in [5, 5.41) is 2.04. The van der Waals surface area contributed by atoms with Gasteiger partial charge in [-0.25, -0.2) is 4.98 Å². The molecule has 2 aromatic heterocycles. The highest BCUT2D eigenvalue weighted by atomic mass is 32.1. The van der Waals surface area contributed by atoms with Crippen LogP contribution in [0.3, 0.4) is 0 Å². The lowest BCUT2D eigenvalue weighted by atomic mass is 10.1. The maximum absolute atomic E-state index is 12.7. The van der Waals surface area contributed by atoms with Crippen LogP contribution in [0.15, 0.2) is 35.8 Å². The number of carbonyl (C=O) groups excluding carboxylic acids is 1. The number of carbonyl (C=O) groups is 1. The van der Waals surface area contributed by atoms with E-state index in [-0.39, 0.29) is 5.91 Å². The second kappa shape index (κ2) is 7.70. The van der Waals surface area contributed by atoms with E-state index in [4.69, 9.17) is 9.72 Å². The summed E-state index contributed by atoms with van der Waals surface area (Å²) < 4.78 is 7.55. The molecule has 1 aliphatic heterocycles. The number of aromatic nitrogens is 2. The molecule has 0 saturated carbocycles. The molecule has 0 bridgehead atoms. The maximum atomic E-state index is 12.7. The molecule has 0 atom stereocenters. The topological polar surface area (TPSA) is 50.1 Å². The fraction of sp³-hybridized carbons (Fsp3) is 0.400. The van der Waals surface area contributed by atoms with Crippen molar-refractivity contribution in [2.45, 2.75) is 13.3 Å². The van der Waals surface area contributed by atoms with Crippen molar-refractivity contribution in [1.82, 2.24) is 19.2 Å². The Morgan fingerprint density at radius 2 is 1.93 bits per heavy atom. The van der Waals surface area contributed by atoms with Crippen LogP contribution in [0, 0.1) is 0 Å². The van der Waals surface area contributed by atoms with E-state index in [1.165, 1.54) is 0 Å². The molecule has 27 heavy (non-hydrogen) atoms. The number of ether oxygens (including phenoxy) is 1. The minimum absolute atomic E-state index is 0.194. The Balaban J connectivity index is 1.51. The molecule has 0 radical (unpaired) electrons. The summed E-state index contributed by atoms with van der Waals surface area (Å²) in [4.78, 5) is 22.5. The molecule has 7 heteroatoms. The van der Waals surface area contributed by atoms with Gasteiger partial charge in [0.2, 0.25) is 5.91 Å². The third-order valence-electron chi connectivity index (χ3n) is 4.93. The van der Waals surface area contributed by atoms with Crippen LogP contribution >= 0.6 is 11.3 Å². The first-order valence-electron chi connectivity index (χ1n) is 9.29. The SMILES string of the molecule is CCOc1ccc(-c2cn3c(CC(=O)N4CCN(C)CC4)csc3n2)cc1. The smallest absolute Gasteiger partial charge is 0.228 e. The van der Waals surface area contributed by atoms with Crippen LogP contribution in [-0.2, 0) is 11.2 Å². The Kier molecular flexibility index (Phi) is 5.13. The summed E-state index contributed by atoms with van der Waals surface area (Å²) in [5.41, 5.74) is 2.97. The number of rotatable bonds is 5. The number of thiazole rings is 1. The molecule has 3 aromatic rings. The number of amides is 1. The Morgan fingerprint density at radius 1 is 1.19 bits per heavy atom. The van der Waals surface area contributed by atoms with E-state index in [2.05, 4.69) is 11.9 Å². The van der Waals surface area contributed by atoms with Crippen molar-refractivity contribution in [3.8, 4) is 17.0 Å². The number of nitrogens with zero attached hydrogens (tertiary/aromatic N) is 4. The summed E-state index contributed by atoms with van der Waals surface area (Å²) in [6.07, 6.45) is 2.44. The number of benzene rings is 1. The lowest BCUT2D eigenvalue weighted by Gasteiger charge is -2.32. The molecule has 3 heterocycles. The maximum Gasteiger partial charge on any atom is 0.228 e. The van der Waals surface area contributed by atoms with Gasteiger partial charge in [-0.1, -0.05) is 0 Å². The lowest BCUT2D eigenvalue weighted by Crippen LogP contribution is -2.47. The van der Waals surface area contributed by atoms with E-state index in [0.717, 1.165) is 53.8 Å². The molecule has 142 valence electrons. The van der Waals surface area contributed by atoms with Crippen molar-refractivity contribution in [3.05, 3.63) is 41.5 Å². The van der Waals surface area contributed by atoms with E-state index >= 15 is 0 Å². The van der Waals surface area contributed by atoms with Crippen LogP contribution in [0.5, 0.6) is 5.75 Å². The third-order valence-corrected chi connectivity index (χ3v) is 5.82. The van der Waals surface area contributed by atoms with Gasteiger partial charge in [0, 0.05) is 49.0 Å². The van der Waals surface area contributed by atoms with Gasteiger partial charge < -0.3 is 14.5 Å². The second-order valence-corrected chi connectivity index (χ2v) is 7.66. The summed E-state index contributed by atoms with van der Waals surface area (Å²) in [6, 6.07) is 7.97. The number of likely N-dealkylation sites (N-methyl/N-ethyl adjacent to an activating group) is 1. The molecular weight excluding hydrogens is 360 g/mol. The van der Waals surface area contributed by atoms with Gasteiger partial charge in [0.25, 0.3) is 0 Å². The van der Waals surface area contributed by atoms with Gasteiger partial charge in [0.15, 0.2) is 4.96 Å². The fourth-order valence-electron chi connectivity index (χ4n) is 3.31. The summed E-state index contributed by atoms with van der Waals surface area (Å²) in [5.74, 6) is 1.06. The standard InChI is InChI=1S/C20H24N4O2S/c1-3-26-17-6-4-15(5-7-17)18-13-24-16(14-27-20(24)21-18)12-19(25)23-10-8-22(2)9-11-23/h4-7,13-14H,3,8-12H2,1-2H3. The zero-order chi connectivity index (χ0) is 18.8. The molecule has 4 rings (SSSR count).